The molecule has 0 saturated carbocycles. The largest absolute Gasteiger partial charge is 0.550 e. The van der Waals surface area contributed by atoms with Gasteiger partial charge in [-0.2, -0.15) is 0 Å². The molecule has 0 spiro atoms. The summed E-state index contributed by atoms with van der Waals surface area (Å²) in [7, 11) is 4.80. The third-order valence-corrected chi connectivity index (χ3v) is 5.56. The van der Waals surface area contributed by atoms with Gasteiger partial charge in [-0.25, -0.2) is 0 Å². The molecule has 0 heterocycles. The van der Waals surface area contributed by atoms with E-state index in [2.05, 4.69) is 6.92 Å². The first-order valence-corrected chi connectivity index (χ1v) is 11.5. The maximum Gasteiger partial charge on any atom is 0.227 e. The summed E-state index contributed by atoms with van der Waals surface area (Å²) in [6.45, 7) is 2.23. The lowest BCUT2D eigenvalue weighted by Gasteiger charge is -2.40. The van der Waals surface area contributed by atoms with E-state index >= 15 is 0 Å². The average molecular weight is 416 g/mol. The molecule has 0 aliphatic heterocycles. The number of hydrogen-bond donors (Lipinski definition) is 2. The first kappa shape index (κ1) is 28.0. The molecule has 2 atom stereocenters. The van der Waals surface area contributed by atoms with Crippen molar-refractivity contribution in [1.82, 2.24) is 0 Å². The van der Waals surface area contributed by atoms with Gasteiger partial charge in [-0.05, 0) is 6.42 Å². The number of aliphatic hydroxyl groups is 2. The number of rotatable bonds is 19. The third-order valence-electron chi connectivity index (χ3n) is 5.56. The van der Waals surface area contributed by atoms with Gasteiger partial charge in [-0.15, -0.1) is 0 Å². The van der Waals surface area contributed by atoms with Crippen LogP contribution in [-0.2, 0) is 9.59 Å². The van der Waals surface area contributed by atoms with Crippen LogP contribution in [0.2, 0.25) is 0 Å². The van der Waals surface area contributed by atoms with Crippen molar-refractivity contribution < 1.29 is 29.4 Å². The topological polar surface area (TPSA) is 97.7 Å². The Hall–Kier alpha value is -0.980. The van der Waals surface area contributed by atoms with Gasteiger partial charge in [0.05, 0.1) is 21.1 Å². The number of Topliss-reactive ketones (excluding diaryl/α,β-unsaturated/α-hetero) is 1. The van der Waals surface area contributed by atoms with Gasteiger partial charge in [0.25, 0.3) is 0 Å². The number of likely N-dealkylation sites (N-methyl/N-ethyl adjacent to an activating group) is 1. The predicted octanol–water partition coefficient (Wildman–Crippen LogP) is 2.93. The average Bonchev–Trinajstić information content (AvgIpc) is 2.63. The quantitative estimate of drug-likeness (QED) is 0.192. The van der Waals surface area contributed by atoms with Crippen LogP contribution in [0, 0.1) is 0 Å². The van der Waals surface area contributed by atoms with Crippen molar-refractivity contribution in [2.75, 3.05) is 21.1 Å². The Morgan fingerprint density at radius 2 is 1.21 bits per heavy atom. The SMILES string of the molecule is CCCCCCCCCCCCCCCC(=O)C(O)(CC(=O)[O-])C(O)[N+](C)(C)C. The van der Waals surface area contributed by atoms with E-state index in [1.54, 1.807) is 21.1 Å². The van der Waals surface area contributed by atoms with Gasteiger partial charge < -0.3 is 24.6 Å². The number of carbonyl (C=O) groups excluding carboxylic acids is 2. The van der Waals surface area contributed by atoms with Gasteiger partial charge in [0, 0.05) is 18.8 Å². The maximum atomic E-state index is 12.5. The molecule has 0 saturated heterocycles. The van der Waals surface area contributed by atoms with Crippen molar-refractivity contribution in [3.05, 3.63) is 0 Å². The van der Waals surface area contributed by atoms with Crippen LogP contribution in [0.25, 0.3) is 0 Å². The van der Waals surface area contributed by atoms with E-state index in [0.717, 1.165) is 19.3 Å². The highest BCUT2D eigenvalue weighted by Gasteiger charge is 2.49. The Kier molecular flexibility index (Phi) is 14.4. The summed E-state index contributed by atoms with van der Waals surface area (Å²) in [5.41, 5.74) is -2.31. The van der Waals surface area contributed by atoms with Crippen LogP contribution in [0.15, 0.2) is 0 Å². The number of ketones is 1. The molecule has 6 nitrogen and oxygen atoms in total. The highest BCUT2D eigenvalue weighted by molar-refractivity contribution is 5.90. The number of carboxylic acids is 1. The van der Waals surface area contributed by atoms with Gasteiger partial charge in [0.15, 0.2) is 5.78 Å². The summed E-state index contributed by atoms with van der Waals surface area (Å²) < 4.78 is -0.131. The molecule has 0 aliphatic rings. The monoisotopic (exact) mass is 415 g/mol. The van der Waals surface area contributed by atoms with Crippen molar-refractivity contribution in [3.8, 4) is 0 Å². The number of carboxylic acid groups (broad SMARTS) is 1. The lowest BCUT2D eigenvalue weighted by atomic mass is 9.87. The molecule has 0 rings (SSSR count). The van der Waals surface area contributed by atoms with Crippen LogP contribution in [0.5, 0.6) is 0 Å². The molecule has 0 aliphatic carbocycles. The summed E-state index contributed by atoms with van der Waals surface area (Å²) in [4.78, 5) is 23.5. The van der Waals surface area contributed by atoms with Crippen LogP contribution in [0.4, 0.5) is 0 Å². The maximum absolute atomic E-state index is 12.5. The Morgan fingerprint density at radius 1 is 0.828 bits per heavy atom. The van der Waals surface area contributed by atoms with Crippen LogP contribution >= 0.6 is 0 Å². The minimum Gasteiger partial charge on any atom is -0.550 e. The number of nitrogens with zero attached hydrogens (tertiary/aromatic N) is 1. The number of carbonyl (C=O) groups is 2. The van der Waals surface area contributed by atoms with Crippen molar-refractivity contribution in [1.29, 1.82) is 0 Å². The third kappa shape index (κ3) is 12.3. The number of aliphatic hydroxyl groups excluding tert-OH is 1. The molecule has 172 valence electrons. The fraction of sp³-hybridized carbons (Fsp3) is 0.913. The Morgan fingerprint density at radius 3 is 1.55 bits per heavy atom. The second-order valence-corrected chi connectivity index (χ2v) is 9.38. The lowest BCUT2D eigenvalue weighted by Crippen LogP contribution is -2.63. The molecular weight excluding hydrogens is 370 g/mol. The summed E-state index contributed by atoms with van der Waals surface area (Å²) in [6, 6.07) is 0. The van der Waals surface area contributed by atoms with Crippen molar-refractivity contribution in [3.63, 3.8) is 0 Å². The van der Waals surface area contributed by atoms with E-state index in [9.17, 15) is 24.9 Å². The van der Waals surface area contributed by atoms with E-state index in [0.29, 0.717) is 6.42 Å². The van der Waals surface area contributed by atoms with E-state index in [1.807, 2.05) is 0 Å². The molecule has 0 amide bonds. The Bertz CT molecular complexity index is 461. The zero-order valence-corrected chi connectivity index (χ0v) is 19.3. The Labute approximate surface area is 177 Å². The summed E-state index contributed by atoms with van der Waals surface area (Å²) in [6.07, 6.45) is 13.1. The first-order chi connectivity index (χ1) is 13.6. The minimum absolute atomic E-state index is 0.0681. The molecule has 0 bridgehead atoms. The normalized spacial score (nSPS) is 15.1. The van der Waals surface area contributed by atoms with Crippen LogP contribution in [0.1, 0.15) is 103 Å². The molecule has 29 heavy (non-hydrogen) atoms. The molecule has 6 heteroatoms. The van der Waals surface area contributed by atoms with Crippen LogP contribution in [-0.4, -0.2) is 59.4 Å². The molecule has 0 aromatic carbocycles. The standard InChI is InChI=1S/C23H45NO5/c1-5-6-7-8-9-10-11-12-13-14-15-16-17-18-20(25)23(29,19-21(26)27)22(28)24(2,3)4/h22,28-29H,5-19H2,1-4H3. The molecule has 0 radical (unpaired) electrons. The highest BCUT2D eigenvalue weighted by atomic mass is 16.4. The number of quaternary nitrogens is 1. The second kappa shape index (κ2) is 14.9. The van der Waals surface area contributed by atoms with E-state index in [4.69, 9.17) is 0 Å². The van der Waals surface area contributed by atoms with Crippen LogP contribution < -0.4 is 5.11 Å². The van der Waals surface area contributed by atoms with Crippen molar-refractivity contribution in [2.24, 2.45) is 0 Å². The minimum atomic E-state index is -2.31. The summed E-state index contributed by atoms with van der Waals surface area (Å²) in [5.74, 6) is -2.16. The lowest BCUT2D eigenvalue weighted by molar-refractivity contribution is -0.925. The second-order valence-electron chi connectivity index (χ2n) is 9.38. The van der Waals surface area contributed by atoms with E-state index in [-0.39, 0.29) is 10.9 Å². The van der Waals surface area contributed by atoms with Gasteiger partial charge in [0.1, 0.15) is 0 Å². The van der Waals surface area contributed by atoms with Gasteiger partial charge in [-0.1, -0.05) is 84.0 Å². The van der Waals surface area contributed by atoms with Gasteiger partial charge in [0.2, 0.25) is 11.8 Å². The first-order valence-electron chi connectivity index (χ1n) is 11.5. The fourth-order valence-electron chi connectivity index (χ4n) is 3.71. The number of hydrogen-bond acceptors (Lipinski definition) is 5. The van der Waals surface area contributed by atoms with Crippen molar-refractivity contribution >= 4 is 11.8 Å². The molecular formula is C23H45NO5. The van der Waals surface area contributed by atoms with Crippen LogP contribution in [0.3, 0.4) is 0 Å². The van der Waals surface area contributed by atoms with Gasteiger partial charge >= 0.3 is 0 Å². The Balaban J connectivity index is 4.01. The molecule has 0 fully saturated rings. The molecule has 0 aromatic rings. The number of aliphatic carboxylic acids is 1. The number of unbranched alkanes of at least 4 members (excludes halogenated alkanes) is 12. The predicted molar refractivity (Wildman–Crippen MR) is 114 cm³/mol. The highest BCUT2D eigenvalue weighted by Crippen LogP contribution is 2.25. The van der Waals surface area contributed by atoms with Crippen molar-refractivity contribution in [2.45, 2.75) is 115 Å². The zero-order chi connectivity index (χ0) is 22.3. The van der Waals surface area contributed by atoms with Gasteiger partial charge in [-0.3, -0.25) is 4.79 Å². The molecule has 2 unspecified atom stereocenters. The molecule has 2 N–H and O–H groups in total. The zero-order valence-electron chi connectivity index (χ0n) is 19.3. The van der Waals surface area contributed by atoms with E-state index in [1.165, 1.54) is 57.8 Å². The summed E-state index contributed by atoms with van der Waals surface area (Å²) in [5, 5.41) is 31.9. The molecule has 0 aromatic heterocycles. The summed E-state index contributed by atoms with van der Waals surface area (Å²) >= 11 is 0. The van der Waals surface area contributed by atoms with E-state index < -0.39 is 30.0 Å². The smallest absolute Gasteiger partial charge is 0.227 e. The fourth-order valence-corrected chi connectivity index (χ4v) is 3.71.